The highest BCUT2D eigenvalue weighted by Gasteiger charge is 2.33. The van der Waals surface area contributed by atoms with Gasteiger partial charge in [0.05, 0.1) is 6.10 Å². The molecule has 1 aromatic heterocycles. The Balaban J connectivity index is 1.77. The number of halogens is 3. The fraction of sp³-hybridized carbons (Fsp3) is 0.667. The zero-order chi connectivity index (χ0) is 14.6. The molecule has 0 spiro atoms. The monoisotopic (exact) mass is 292 g/mol. The number of nitrogens with zero attached hydrogens (tertiary/aromatic N) is 2. The molecule has 0 amide bonds. The van der Waals surface area contributed by atoms with Crippen LogP contribution in [0.5, 0.6) is 0 Å². The summed E-state index contributed by atoms with van der Waals surface area (Å²) < 4.78 is 48.2. The fourth-order valence-electron chi connectivity index (χ4n) is 1.90. The number of hydrogen-bond acceptors (Lipinski definition) is 4. The molecule has 1 fully saturated rings. The molecule has 0 aliphatic carbocycles. The molecule has 0 bridgehead atoms. The molecule has 2 rings (SSSR count). The maximum Gasteiger partial charge on any atom is 0.435 e. The Kier molecular flexibility index (Phi) is 4.64. The van der Waals surface area contributed by atoms with Crippen LogP contribution in [-0.4, -0.2) is 35.1 Å². The summed E-state index contributed by atoms with van der Waals surface area (Å²) in [7, 11) is 0. The van der Waals surface area contributed by atoms with E-state index >= 15 is 0 Å². The highest BCUT2D eigenvalue weighted by molar-refractivity contribution is 5.69. The zero-order valence-electron chi connectivity index (χ0n) is 10.7. The molecule has 0 saturated carbocycles. The van der Waals surface area contributed by atoms with Crippen LogP contribution < -0.4 is 0 Å². The first kappa shape index (κ1) is 14.8. The second-order valence-electron chi connectivity index (χ2n) is 4.57. The Labute approximate surface area is 113 Å². The van der Waals surface area contributed by atoms with Crippen LogP contribution in [0, 0.1) is 0 Å². The number of aromatic nitrogens is 2. The lowest BCUT2D eigenvalue weighted by molar-refractivity contribution is -0.150. The molecule has 112 valence electrons. The molecule has 0 N–H and O–H groups in total. The standard InChI is InChI=1S/C12H15F3N2O3/c13-12(14,15)10-4-5-17(16-10)7-11(18)20-8-9-3-1-2-6-19-9/h4-5,9H,1-3,6-8H2. The molecule has 1 aliphatic rings. The minimum absolute atomic E-state index is 0.115. The van der Waals surface area contributed by atoms with Crippen molar-refractivity contribution in [2.24, 2.45) is 0 Å². The van der Waals surface area contributed by atoms with Crippen molar-refractivity contribution in [1.82, 2.24) is 9.78 Å². The van der Waals surface area contributed by atoms with Crippen molar-refractivity contribution in [1.29, 1.82) is 0 Å². The minimum atomic E-state index is -4.51. The van der Waals surface area contributed by atoms with Gasteiger partial charge >= 0.3 is 12.1 Å². The van der Waals surface area contributed by atoms with Crippen LogP contribution in [0.2, 0.25) is 0 Å². The SMILES string of the molecule is O=C(Cn1ccc(C(F)(F)F)n1)OCC1CCCCO1. The lowest BCUT2D eigenvalue weighted by atomic mass is 10.1. The molecule has 2 heterocycles. The minimum Gasteiger partial charge on any atom is -0.462 e. The summed E-state index contributed by atoms with van der Waals surface area (Å²) in [4.78, 5) is 11.5. The van der Waals surface area contributed by atoms with Gasteiger partial charge in [-0.2, -0.15) is 18.3 Å². The number of alkyl halides is 3. The van der Waals surface area contributed by atoms with E-state index in [1.54, 1.807) is 0 Å². The second-order valence-corrected chi connectivity index (χ2v) is 4.57. The average molecular weight is 292 g/mol. The van der Waals surface area contributed by atoms with Crippen LogP contribution in [0.3, 0.4) is 0 Å². The van der Waals surface area contributed by atoms with E-state index in [-0.39, 0.29) is 19.3 Å². The van der Waals surface area contributed by atoms with Crippen LogP contribution in [0.15, 0.2) is 12.3 Å². The van der Waals surface area contributed by atoms with Crippen LogP contribution in [0.25, 0.3) is 0 Å². The first-order valence-electron chi connectivity index (χ1n) is 6.33. The Bertz CT molecular complexity index is 453. The number of hydrogen-bond donors (Lipinski definition) is 0. The van der Waals surface area contributed by atoms with Gasteiger partial charge in [-0.25, -0.2) is 0 Å². The summed E-state index contributed by atoms with van der Waals surface area (Å²) in [6.07, 6.45) is -0.676. The summed E-state index contributed by atoms with van der Waals surface area (Å²) in [6.45, 7) is 0.436. The van der Waals surface area contributed by atoms with Gasteiger partial charge in [-0.3, -0.25) is 9.48 Å². The quantitative estimate of drug-likeness (QED) is 0.797. The van der Waals surface area contributed by atoms with E-state index in [4.69, 9.17) is 9.47 Å². The van der Waals surface area contributed by atoms with Crippen molar-refractivity contribution in [2.45, 2.75) is 38.1 Å². The largest absolute Gasteiger partial charge is 0.462 e. The zero-order valence-corrected chi connectivity index (χ0v) is 10.7. The molecule has 0 aromatic carbocycles. The van der Waals surface area contributed by atoms with Crippen molar-refractivity contribution >= 4 is 5.97 Å². The van der Waals surface area contributed by atoms with Gasteiger partial charge in [0.15, 0.2) is 5.69 Å². The van der Waals surface area contributed by atoms with Crippen LogP contribution in [0.1, 0.15) is 25.0 Å². The highest BCUT2D eigenvalue weighted by Crippen LogP contribution is 2.27. The predicted molar refractivity (Wildman–Crippen MR) is 61.8 cm³/mol. The lowest BCUT2D eigenvalue weighted by Crippen LogP contribution is -2.27. The van der Waals surface area contributed by atoms with Gasteiger partial charge in [-0.15, -0.1) is 0 Å². The first-order chi connectivity index (χ1) is 9.45. The average Bonchev–Trinajstić information content (AvgIpc) is 2.86. The normalized spacial score (nSPS) is 19.9. The molecule has 0 radical (unpaired) electrons. The van der Waals surface area contributed by atoms with Gasteiger partial charge < -0.3 is 9.47 Å². The first-order valence-corrected chi connectivity index (χ1v) is 6.33. The molecule has 8 heteroatoms. The van der Waals surface area contributed by atoms with E-state index < -0.39 is 17.8 Å². The third kappa shape index (κ3) is 4.22. The van der Waals surface area contributed by atoms with Gasteiger partial charge in [0, 0.05) is 12.8 Å². The van der Waals surface area contributed by atoms with Crippen LogP contribution in [-0.2, 0) is 27.0 Å². The number of ether oxygens (including phenoxy) is 2. The van der Waals surface area contributed by atoms with Gasteiger partial charge in [-0.1, -0.05) is 0 Å². The van der Waals surface area contributed by atoms with Crippen LogP contribution >= 0.6 is 0 Å². The summed E-state index contributed by atoms with van der Waals surface area (Å²) in [5, 5.41) is 3.28. The number of carbonyl (C=O) groups excluding carboxylic acids is 1. The predicted octanol–water partition coefficient (Wildman–Crippen LogP) is 2.01. The number of rotatable bonds is 4. The van der Waals surface area contributed by atoms with Gasteiger partial charge in [-0.05, 0) is 25.3 Å². The molecule has 1 atom stereocenters. The molecule has 1 unspecified atom stereocenters. The number of carbonyl (C=O) groups is 1. The van der Waals surface area contributed by atoms with Crippen molar-refractivity contribution in [3.63, 3.8) is 0 Å². The van der Waals surface area contributed by atoms with Crippen molar-refractivity contribution in [2.75, 3.05) is 13.2 Å². The second kappa shape index (κ2) is 6.25. The van der Waals surface area contributed by atoms with Gasteiger partial charge in [0.2, 0.25) is 0 Å². The topological polar surface area (TPSA) is 53.4 Å². The van der Waals surface area contributed by atoms with Gasteiger partial charge in [0.25, 0.3) is 0 Å². The van der Waals surface area contributed by atoms with E-state index in [9.17, 15) is 18.0 Å². The van der Waals surface area contributed by atoms with Crippen molar-refractivity contribution in [3.05, 3.63) is 18.0 Å². The third-order valence-corrected chi connectivity index (χ3v) is 2.93. The summed E-state index contributed by atoms with van der Waals surface area (Å²) in [6, 6.07) is 0.817. The van der Waals surface area contributed by atoms with Crippen molar-refractivity contribution in [3.8, 4) is 0 Å². The molecule has 1 saturated heterocycles. The Morgan fingerprint density at radius 3 is 2.90 bits per heavy atom. The van der Waals surface area contributed by atoms with E-state index in [1.807, 2.05) is 0 Å². The molecule has 20 heavy (non-hydrogen) atoms. The summed E-state index contributed by atoms with van der Waals surface area (Å²) in [5.74, 6) is -0.629. The summed E-state index contributed by atoms with van der Waals surface area (Å²) >= 11 is 0. The molecule has 1 aromatic rings. The molecule has 5 nitrogen and oxygen atoms in total. The highest BCUT2D eigenvalue weighted by atomic mass is 19.4. The third-order valence-electron chi connectivity index (χ3n) is 2.93. The molecule has 1 aliphatic heterocycles. The lowest BCUT2D eigenvalue weighted by Gasteiger charge is -2.22. The van der Waals surface area contributed by atoms with E-state index in [2.05, 4.69) is 5.10 Å². The fourth-order valence-corrected chi connectivity index (χ4v) is 1.90. The van der Waals surface area contributed by atoms with E-state index in [0.29, 0.717) is 6.61 Å². The number of esters is 1. The molecular formula is C12H15F3N2O3. The Morgan fingerprint density at radius 1 is 1.50 bits per heavy atom. The maximum atomic E-state index is 12.3. The summed E-state index contributed by atoms with van der Waals surface area (Å²) in [5.41, 5.74) is -1.03. The van der Waals surface area contributed by atoms with E-state index in [0.717, 1.165) is 36.2 Å². The Morgan fingerprint density at radius 2 is 2.30 bits per heavy atom. The maximum absolute atomic E-state index is 12.3. The van der Waals surface area contributed by atoms with Crippen molar-refractivity contribution < 1.29 is 27.4 Å². The molecular weight excluding hydrogens is 277 g/mol. The Hall–Kier alpha value is -1.57. The van der Waals surface area contributed by atoms with E-state index in [1.165, 1.54) is 0 Å². The van der Waals surface area contributed by atoms with Crippen LogP contribution in [0.4, 0.5) is 13.2 Å². The van der Waals surface area contributed by atoms with Gasteiger partial charge in [0.1, 0.15) is 13.2 Å². The smallest absolute Gasteiger partial charge is 0.435 e.